The third-order valence-electron chi connectivity index (χ3n) is 2.34. The van der Waals surface area contributed by atoms with E-state index in [1.165, 1.54) is 24.6 Å². The summed E-state index contributed by atoms with van der Waals surface area (Å²) in [5.74, 6) is -1.62. The first kappa shape index (κ1) is 19.1. The van der Waals surface area contributed by atoms with Crippen LogP contribution in [0.15, 0.2) is 35.7 Å². The van der Waals surface area contributed by atoms with Crippen LogP contribution in [-0.4, -0.2) is 11.1 Å². The molecule has 0 aliphatic carbocycles. The summed E-state index contributed by atoms with van der Waals surface area (Å²) >= 11 is 2.76. The van der Waals surface area contributed by atoms with E-state index < -0.39 is 5.97 Å². The molecule has 0 unspecified atom stereocenters. The van der Waals surface area contributed by atoms with Gasteiger partial charge in [-0.3, -0.25) is 0 Å². The standard InChI is InChI=1S/C7H6O3.C6H7S.Hg.Na/c8-6-4-2-1-3-5(6)7(9)10;1-2-6-3-4-7-5-6;;/h1-4,8H,(H,9,10);3-4H,2H2,1H3;;/q;;;+1/p-1. The van der Waals surface area contributed by atoms with E-state index in [0.29, 0.717) is 0 Å². The molecule has 0 fully saturated rings. The Bertz CT molecular complexity index is 528. The van der Waals surface area contributed by atoms with Gasteiger partial charge in [0, 0.05) is 5.56 Å². The summed E-state index contributed by atoms with van der Waals surface area (Å²) in [4.78, 5) is 10.2. The fourth-order valence-electron chi connectivity index (χ4n) is 1.33. The van der Waals surface area contributed by atoms with Crippen molar-refractivity contribution in [2.45, 2.75) is 13.3 Å². The summed E-state index contributed by atoms with van der Waals surface area (Å²) in [5, 5.41) is 21.2. The molecule has 0 spiro atoms. The summed E-state index contributed by atoms with van der Waals surface area (Å²) in [6, 6.07) is 7.88. The van der Waals surface area contributed by atoms with E-state index in [2.05, 4.69) is 18.4 Å². The first-order valence-electron chi connectivity index (χ1n) is 5.44. The number of carbonyl (C=O) groups is 1. The molecule has 0 aliphatic rings. The van der Waals surface area contributed by atoms with Crippen molar-refractivity contribution in [2.24, 2.45) is 0 Å². The Morgan fingerprint density at radius 1 is 1.37 bits per heavy atom. The number of aryl methyl sites for hydroxylation is 1. The van der Waals surface area contributed by atoms with Crippen molar-refractivity contribution >= 4 is 19.7 Å². The monoisotopic (exact) mass is 473 g/mol. The number of para-hydroxylation sites is 1. The Hall–Kier alpha value is 0.125. The Morgan fingerprint density at radius 3 is 2.32 bits per heavy atom. The number of benzene rings is 1. The second-order valence-electron chi connectivity index (χ2n) is 3.53. The minimum atomic E-state index is -1.36. The van der Waals surface area contributed by atoms with E-state index in [9.17, 15) is 9.90 Å². The van der Waals surface area contributed by atoms with Gasteiger partial charge in [0.1, 0.15) is 5.75 Å². The van der Waals surface area contributed by atoms with Gasteiger partial charge in [-0.25, -0.2) is 0 Å². The number of carboxylic acid groups (broad SMARTS) is 1. The second kappa shape index (κ2) is 9.94. The number of carboxylic acids is 1. The summed E-state index contributed by atoms with van der Waals surface area (Å²) < 4.78 is 1.66. The predicted octanol–water partition coefficient (Wildman–Crippen LogP) is -1.76. The molecule has 0 amide bonds. The van der Waals surface area contributed by atoms with Crippen molar-refractivity contribution in [3.8, 4) is 5.75 Å². The van der Waals surface area contributed by atoms with E-state index in [1.807, 2.05) is 11.3 Å². The molecule has 6 heteroatoms. The van der Waals surface area contributed by atoms with E-state index in [-0.39, 0.29) is 40.9 Å². The summed E-state index contributed by atoms with van der Waals surface area (Å²) in [7, 11) is 0. The number of aromatic hydroxyl groups is 1. The molecule has 1 N–H and O–H groups in total. The zero-order valence-corrected chi connectivity index (χ0v) is 19.4. The molecule has 19 heavy (non-hydrogen) atoms. The topological polar surface area (TPSA) is 60.4 Å². The van der Waals surface area contributed by atoms with E-state index in [0.717, 1.165) is 26.1 Å². The normalized spacial score (nSPS) is 9.00. The van der Waals surface area contributed by atoms with Gasteiger partial charge >= 0.3 is 99.8 Å². The summed E-state index contributed by atoms with van der Waals surface area (Å²) in [5.41, 5.74) is 1.40. The van der Waals surface area contributed by atoms with Crippen LogP contribution < -0.4 is 37.0 Å². The molecule has 91 valence electrons. The van der Waals surface area contributed by atoms with Gasteiger partial charge in [-0.05, 0) is 12.1 Å². The fourth-order valence-corrected chi connectivity index (χ4v) is 4.64. The minimum Gasteiger partial charge on any atom is -0.545 e. The van der Waals surface area contributed by atoms with Crippen molar-refractivity contribution in [3.05, 3.63) is 46.8 Å². The molecule has 0 saturated carbocycles. The van der Waals surface area contributed by atoms with Crippen molar-refractivity contribution in [1.29, 1.82) is 0 Å². The predicted molar refractivity (Wildman–Crippen MR) is 65.8 cm³/mol. The van der Waals surface area contributed by atoms with Gasteiger partial charge in [-0.15, -0.1) is 0 Å². The molecule has 2 rings (SSSR count). The maximum absolute atomic E-state index is 10.2. The number of hydrogen-bond acceptors (Lipinski definition) is 4. The van der Waals surface area contributed by atoms with Gasteiger partial charge in [-0.2, -0.15) is 0 Å². The van der Waals surface area contributed by atoms with Crippen molar-refractivity contribution in [1.82, 2.24) is 0 Å². The first-order valence-corrected chi connectivity index (χ1v) is 9.06. The Kier molecular flexibility index (Phi) is 10.0. The van der Waals surface area contributed by atoms with Gasteiger partial charge in [0.05, 0.1) is 5.97 Å². The number of hydrogen-bond donors (Lipinski definition) is 1. The molecular weight excluding hydrogens is 460 g/mol. The van der Waals surface area contributed by atoms with Crippen LogP contribution in [0.4, 0.5) is 0 Å². The average Bonchev–Trinajstić information content (AvgIpc) is 2.76. The van der Waals surface area contributed by atoms with Crippen molar-refractivity contribution in [3.63, 3.8) is 0 Å². The van der Waals surface area contributed by atoms with Gasteiger partial charge in [0.25, 0.3) is 0 Å². The van der Waals surface area contributed by atoms with Crippen LogP contribution in [0.1, 0.15) is 22.8 Å². The molecule has 0 radical (unpaired) electrons. The van der Waals surface area contributed by atoms with Crippen molar-refractivity contribution in [2.75, 3.05) is 0 Å². The van der Waals surface area contributed by atoms with Gasteiger partial charge < -0.3 is 15.0 Å². The van der Waals surface area contributed by atoms with E-state index in [1.54, 1.807) is 14.0 Å². The van der Waals surface area contributed by atoms with Gasteiger partial charge in [0.15, 0.2) is 0 Å². The van der Waals surface area contributed by atoms with Crippen LogP contribution in [0.2, 0.25) is 0 Å². The largest absolute Gasteiger partial charge is 1.00 e. The first-order chi connectivity index (χ1) is 8.56. The molecule has 0 saturated heterocycles. The van der Waals surface area contributed by atoms with Crippen LogP contribution in [0, 0.1) is 0 Å². The molecule has 1 aromatic carbocycles. The number of phenols is 1. The zero-order chi connectivity index (χ0) is 13.5. The third-order valence-corrected chi connectivity index (χ3v) is 6.87. The third kappa shape index (κ3) is 6.41. The van der Waals surface area contributed by atoms with Crippen LogP contribution in [0.25, 0.3) is 0 Å². The minimum absolute atomic E-state index is 0. The summed E-state index contributed by atoms with van der Waals surface area (Å²) in [6.07, 6.45) is 1.22. The van der Waals surface area contributed by atoms with Gasteiger partial charge in [-0.1, -0.05) is 12.1 Å². The molecule has 3 nitrogen and oxygen atoms in total. The molecule has 1 aromatic heterocycles. The Labute approximate surface area is 154 Å². The quantitative estimate of drug-likeness (QED) is 0.528. The molecule has 0 atom stereocenters. The smallest absolute Gasteiger partial charge is 0.545 e. The van der Waals surface area contributed by atoms with Gasteiger partial charge in [0.2, 0.25) is 0 Å². The number of carbonyl (C=O) groups excluding carboxylic acids is 1. The number of thiophene rings is 1. The maximum Gasteiger partial charge on any atom is 1.00 e. The number of rotatable bonds is 2. The van der Waals surface area contributed by atoms with Crippen LogP contribution in [0.5, 0.6) is 5.75 Å². The molecule has 0 bridgehead atoms. The van der Waals surface area contributed by atoms with E-state index >= 15 is 0 Å². The Morgan fingerprint density at radius 2 is 2.00 bits per heavy atom. The Balaban J connectivity index is 0.000000331. The second-order valence-corrected chi connectivity index (χ2v) is 9.27. The molecule has 1 heterocycles. The van der Waals surface area contributed by atoms with Crippen molar-refractivity contribution < 1.29 is 70.7 Å². The molecule has 2 aromatic rings. The van der Waals surface area contributed by atoms with Crippen LogP contribution in [-0.2, 0) is 32.5 Å². The summed E-state index contributed by atoms with van der Waals surface area (Å²) in [6.45, 7) is 2.22. The van der Waals surface area contributed by atoms with E-state index in [4.69, 9.17) is 5.11 Å². The maximum atomic E-state index is 10.2. The van der Waals surface area contributed by atoms with Crippen LogP contribution in [0.3, 0.4) is 0 Å². The SMILES string of the molecule is CCc1ccs[c]1[Hg].O=C([O-])c1ccccc1O.[Na+]. The molecular formula is C13H12HgNaO3S. The fraction of sp³-hybridized carbons (Fsp3) is 0.154. The zero-order valence-electron chi connectivity index (χ0n) is 11.1. The molecule has 0 aliphatic heterocycles. The van der Waals surface area contributed by atoms with Crippen LogP contribution >= 0.6 is 11.3 Å². The average molecular weight is 472 g/mol. The number of aromatic carboxylic acids is 1.